The number of carbonyl (C=O) groups excluding carboxylic acids is 2. The van der Waals surface area contributed by atoms with Crippen molar-refractivity contribution >= 4 is 47.1 Å². The molecule has 1 aromatic heterocycles. The molecule has 0 aliphatic rings. The Balaban J connectivity index is 1.37. The van der Waals surface area contributed by atoms with Crippen molar-refractivity contribution in [2.24, 2.45) is 0 Å². The van der Waals surface area contributed by atoms with Crippen LogP contribution in [0.5, 0.6) is 0 Å². The summed E-state index contributed by atoms with van der Waals surface area (Å²) in [5.74, 6) is 0.00956. The molecule has 0 spiro atoms. The first kappa shape index (κ1) is 33.7. The SMILES string of the molecule is COC(=O)CNCC(=O)c1ccc(Cn2cc(-c3ccc(Cl)cc3Cl)nc2/C=C/c2ccc(-c3cccc(C(F)(F)F)c3)cc2)cc1. The van der Waals surface area contributed by atoms with Crippen molar-refractivity contribution in [3.8, 4) is 22.4 Å². The number of nitrogens with zero attached hydrogens (tertiary/aromatic N) is 2. The van der Waals surface area contributed by atoms with E-state index in [1.54, 1.807) is 48.5 Å². The molecule has 0 radical (unpaired) electrons. The Labute approximate surface area is 279 Å². The van der Waals surface area contributed by atoms with Crippen molar-refractivity contribution in [2.45, 2.75) is 12.7 Å². The minimum Gasteiger partial charge on any atom is -0.468 e. The second-order valence-corrected chi connectivity index (χ2v) is 11.4. The van der Waals surface area contributed by atoms with Crippen LogP contribution in [-0.2, 0) is 22.3 Å². The van der Waals surface area contributed by atoms with E-state index in [4.69, 9.17) is 28.2 Å². The third kappa shape index (κ3) is 8.77. The third-order valence-corrected chi connectivity index (χ3v) is 7.83. The van der Waals surface area contributed by atoms with Crippen LogP contribution >= 0.6 is 23.2 Å². The second kappa shape index (κ2) is 14.8. The van der Waals surface area contributed by atoms with E-state index in [0.717, 1.165) is 23.3 Å². The highest BCUT2D eigenvalue weighted by Gasteiger charge is 2.30. The minimum absolute atomic E-state index is 0.00293. The van der Waals surface area contributed by atoms with Gasteiger partial charge in [-0.15, -0.1) is 0 Å². The zero-order chi connectivity index (χ0) is 33.6. The first-order chi connectivity index (χ1) is 22.5. The van der Waals surface area contributed by atoms with Gasteiger partial charge in [0, 0.05) is 28.9 Å². The number of aromatic nitrogens is 2. The Hall–Kier alpha value is -4.70. The van der Waals surface area contributed by atoms with Gasteiger partial charge in [-0.3, -0.25) is 14.9 Å². The summed E-state index contributed by atoms with van der Waals surface area (Å²) in [5, 5.41) is 3.72. The van der Waals surface area contributed by atoms with Gasteiger partial charge in [-0.05, 0) is 58.7 Å². The molecule has 0 bridgehead atoms. The van der Waals surface area contributed by atoms with Crippen LogP contribution in [0.2, 0.25) is 10.0 Å². The molecular weight excluding hydrogens is 650 g/mol. The van der Waals surface area contributed by atoms with Crippen LogP contribution in [-0.4, -0.2) is 41.5 Å². The van der Waals surface area contributed by atoms with Crippen LogP contribution in [0.25, 0.3) is 34.5 Å². The lowest BCUT2D eigenvalue weighted by Crippen LogP contribution is -2.29. The van der Waals surface area contributed by atoms with E-state index in [-0.39, 0.29) is 18.9 Å². The Morgan fingerprint density at radius 2 is 1.64 bits per heavy atom. The van der Waals surface area contributed by atoms with Crippen LogP contribution in [0.3, 0.4) is 0 Å². The summed E-state index contributed by atoms with van der Waals surface area (Å²) in [6.07, 6.45) is 1.17. The number of rotatable bonds is 11. The Morgan fingerprint density at radius 1 is 0.894 bits per heavy atom. The predicted octanol–water partition coefficient (Wildman–Crippen LogP) is 8.71. The molecule has 0 saturated carbocycles. The largest absolute Gasteiger partial charge is 0.468 e. The van der Waals surface area contributed by atoms with Crippen LogP contribution in [0.15, 0.2) is 97.2 Å². The van der Waals surface area contributed by atoms with Crippen molar-refractivity contribution in [1.29, 1.82) is 0 Å². The Morgan fingerprint density at radius 3 is 2.32 bits per heavy atom. The molecule has 0 saturated heterocycles. The fraction of sp³-hybridized carbons (Fsp3) is 0.139. The molecule has 0 unspecified atom stereocenters. The van der Waals surface area contributed by atoms with Gasteiger partial charge in [0.1, 0.15) is 5.82 Å². The number of alkyl halides is 3. The molecule has 6 nitrogen and oxygen atoms in total. The zero-order valence-electron chi connectivity index (χ0n) is 25.0. The lowest BCUT2D eigenvalue weighted by molar-refractivity contribution is -0.139. The van der Waals surface area contributed by atoms with E-state index < -0.39 is 17.7 Å². The number of hydrogen-bond acceptors (Lipinski definition) is 5. The topological polar surface area (TPSA) is 73.2 Å². The van der Waals surface area contributed by atoms with Crippen molar-refractivity contribution < 1.29 is 27.5 Å². The highest BCUT2D eigenvalue weighted by molar-refractivity contribution is 6.36. The van der Waals surface area contributed by atoms with Gasteiger partial charge in [0.2, 0.25) is 0 Å². The van der Waals surface area contributed by atoms with E-state index >= 15 is 0 Å². The van der Waals surface area contributed by atoms with Gasteiger partial charge in [0.15, 0.2) is 5.78 Å². The molecule has 0 aliphatic heterocycles. The van der Waals surface area contributed by atoms with Crippen molar-refractivity contribution in [3.05, 3.63) is 135 Å². The number of Topliss-reactive ketones (excluding diaryl/α,β-unsaturated/α-hetero) is 1. The number of esters is 1. The number of halogens is 5. The van der Waals surface area contributed by atoms with Gasteiger partial charge in [-0.2, -0.15) is 13.2 Å². The fourth-order valence-corrected chi connectivity index (χ4v) is 5.30. The number of carbonyl (C=O) groups is 2. The summed E-state index contributed by atoms with van der Waals surface area (Å²) >= 11 is 12.6. The summed E-state index contributed by atoms with van der Waals surface area (Å²) in [6, 6.07) is 24.8. The summed E-state index contributed by atoms with van der Waals surface area (Å²) in [4.78, 5) is 28.6. The zero-order valence-corrected chi connectivity index (χ0v) is 26.5. The molecule has 11 heteroatoms. The number of imidazole rings is 1. The molecule has 0 atom stereocenters. The van der Waals surface area contributed by atoms with Gasteiger partial charge in [-0.25, -0.2) is 4.98 Å². The third-order valence-electron chi connectivity index (χ3n) is 7.28. The first-order valence-electron chi connectivity index (χ1n) is 14.4. The van der Waals surface area contributed by atoms with Crippen molar-refractivity contribution in [1.82, 2.24) is 14.9 Å². The van der Waals surface area contributed by atoms with Gasteiger partial charge in [-0.1, -0.05) is 89.9 Å². The van der Waals surface area contributed by atoms with Crippen molar-refractivity contribution in [2.75, 3.05) is 20.2 Å². The maximum Gasteiger partial charge on any atom is 0.416 e. The molecule has 47 heavy (non-hydrogen) atoms. The van der Waals surface area contributed by atoms with Gasteiger partial charge in [0.05, 0.1) is 36.5 Å². The lowest BCUT2D eigenvalue weighted by atomic mass is 10.0. The first-order valence-corrected chi connectivity index (χ1v) is 15.1. The number of benzene rings is 4. The Bertz CT molecular complexity index is 1920. The predicted molar refractivity (Wildman–Crippen MR) is 178 cm³/mol. The molecule has 4 aromatic carbocycles. The molecule has 1 heterocycles. The maximum absolute atomic E-state index is 13.2. The number of methoxy groups -OCH3 is 1. The summed E-state index contributed by atoms with van der Waals surface area (Å²) in [6.45, 7) is 0.371. The number of ketones is 1. The van der Waals surface area contributed by atoms with Crippen molar-refractivity contribution in [3.63, 3.8) is 0 Å². The normalized spacial score (nSPS) is 11.6. The molecule has 0 aliphatic carbocycles. The monoisotopic (exact) mass is 677 g/mol. The molecule has 240 valence electrons. The van der Waals surface area contributed by atoms with E-state index in [9.17, 15) is 22.8 Å². The smallest absolute Gasteiger partial charge is 0.416 e. The highest BCUT2D eigenvalue weighted by Crippen LogP contribution is 2.33. The Kier molecular flexibility index (Phi) is 10.6. The minimum atomic E-state index is -4.42. The second-order valence-electron chi connectivity index (χ2n) is 10.6. The molecule has 0 amide bonds. The van der Waals surface area contributed by atoms with Crippen LogP contribution < -0.4 is 5.32 Å². The lowest BCUT2D eigenvalue weighted by Gasteiger charge is -2.09. The van der Waals surface area contributed by atoms with Gasteiger partial charge in [0.25, 0.3) is 0 Å². The number of hydrogen-bond donors (Lipinski definition) is 1. The van der Waals surface area contributed by atoms with E-state index in [0.29, 0.717) is 50.4 Å². The van der Waals surface area contributed by atoms with E-state index in [1.807, 2.05) is 47.2 Å². The van der Waals surface area contributed by atoms with Crippen LogP contribution in [0.4, 0.5) is 13.2 Å². The summed E-state index contributed by atoms with van der Waals surface area (Å²) in [7, 11) is 1.28. The molecule has 0 fully saturated rings. The highest BCUT2D eigenvalue weighted by atomic mass is 35.5. The number of ether oxygens (including phenoxy) is 1. The standard InChI is InChI=1S/C36H28Cl2F3N3O3/c1-47-35(46)20-42-19-33(45)26-12-7-24(8-13-26)21-44-22-32(30-15-14-29(37)18-31(30)38)43-34(44)16-9-23-5-10-25(11-6-23)27-3-2-4-28(17-27)36(39,40)41/h2-18,22,42H,19-21H2,1H3/b16-9+. The van der Waals surface area contributed by atoms with Crippen LogP contribution in [0.1, 0.15) is 32.9 Å². The fourth-order valence-electron chi connectivity index (χ4n) is 4.79. The average Bonchev–Trinajstić information content (AvgIpc) is 3.45. The summed E-state index contributed by atoms with van der Waals surface area (Å²) in [5.41, 5.74) is 4.01. The summed E-state index contributed by atoms with van der Waals surface area (Å²) < 4.78 is 46.1. The van der Waals surface area contributed by atoms with Gasteiger partial charge >= 0.3 is 12.1 Å². The quantitative estimate of drug-likeness (QED) is 0.112. The van der Waals surface area contributed by atoms with Crippen LogP contribution in [0, 0.1) is 0 Å². The molecular formula is C36H28Cl2F3N3O3. The number of nitrogens with one attached hydrogen (secondary N) is 1. The molecule has 1 N–H and O–H groups in total. The van der Waals surface area contributed by atoms with E-state index in [2.05, 4.69) is 10.1 Å². The molecule has 5 rings (SSSR count). The average molecular weight is 679 g/mol. The maximum atomic E-state index is 13.2. The van der Waals surface area contributed by atoms with Gasteiger partial charge < -0.3 is 9.30 Å². The molecule has 5 aromatic rings. The van der Waals surface area contributed by atoms with E-state index in [1.165, 1.54) is 13.2 Å².